The predicted octanol–water partition coefficient (Wildman–Crippen LogP) is 7.60. The van der Waals surface area contributed by atoms with Gasteiger partial charge in [0, 0.05) is 37.8 Å². The van der Waals surface area contributed by atoms with Gasteiger partial charge in [0.15, 0.2) is 0 Å². The van der Waals surface area contributed by atoms with Crippen molar-refractivity contribution in [1.82, 2.24) is 5.32 Å². The number of rotatable bonds is 10. The highest BCUT2D eigenvalue weighted by molar-refractivity contribution is 5.78. The molecule has 2 aliphatic carbocycles. The Balaban J connectivity index is 1.93. The molecule has 194 valence electrons. The van der Waals surface area contributed by atoms with E-state index < -0.39 is 17.4 Å². The largest absolute Gasteiger partial charge is 0.342 e. The maximum atomic E-state index is 14.4. The second-order valence-corrected chi connectivity index (χ2v) is 10.3. The number of hydrogen-bond donors (Lipinski definition) is 1. The van der Waals surface area contributed by atoms with Gasteiger partial charge in [0.05, 0.1) is 11.5 Å². The van der Waals surface area contributed by atoms with E-state index in [1.807, 2.05) is 19.9 Å². The van der Waals surface area contributed by atoms with Crippen LogP contribution in [0.4, 0.5) is 17.6 Å². The van der Waals surface area contributed by atoms with E-state index in [1.54, 1.807) is 18.2 Å². The molecule has 0 spiro atoms. The molecule has 1 N–H and O–H groups in total. The molecule has 2 aromatic rings. The number of carbonyl (C=O) groups excluding carboxylic acids is 1. The molecule has 0 aliphatic heterocycles. The van der Waals surface area contributed by atoms with Crippen molar-refractivity contribution >= 4 is 5.91 Å². The maximum absolute atomic E-state index is 14.4. The summed E-state index contributed by atoms with van der Waals surface area (Å²) in [7, 11) is 0. The summed E-state index contributed by atoms with van der Waals surface area (Å²) in [4.78, 5) is 13.4. The van der Waals surface area contributed by atoms with Crippen molar-refractivity contribution in [3.8, 4) is 11.8 Å². The molecule has 0 heterocycles. The summed E-state index contributed by atoms with van der Waals surface area (Å²) in [5.41, 5.74) is 1.04. The van der Waals surface area contributed by atoms with Crippen LogP contribution in [0.15, 0.2) is 71.8 Å². The van der Waals surface area contributed by atoms with Crippen molar-refractivity contribution in [2.45, 2.75) is 64.3 Å². The predicted molar refractivity (Wildman–Crippen MR) is 137 cm³/mol. The Bertz CT molecular complexity index is 1260. The van der Waals surface area contributed by atoms with E-state index in [1.165, 1.54) is 36.4 Å². The zero-order valence-electron chi connectivity index (χ0n) is 21.5. The van der Waals surface area contributed by atoms with Crippen molar-refractivity contribution in [3.05, 3.63) is 94.1 Å². The lowest BCUT2D eigenvalue weighted by atomic mass is 9.77. The molecule has 0 aromatic heterocycles. The maximum Gasteiger partial charge on any atom is 0.270 e. The number of fused-ring (bicyclic) bond motifs is 1. The summed E-state index contributed by atoms with van der Waals surface area (Å²) in [6.07, 6.45) is 4.90. The van der Waals surface area contributed by atoms with Crippen LogP contribution in [-0.4, -0.2) is 5.91 Å². The van der Waals surface area contributed by atoms with Crippen molar-refractivity contribution in [1.29, 1.82) is 0 Å². The van der Waals surface area contributed by atoms with Crippen LogP contribution < -0.4 is 5.32 Å². The Morgan fingerprint density at radius 1 is 0.973 bits per heavy atom. The molecule has 2 aromatic carbocycles. The number of nitrogens with one attached hydrogen (secondary N) is 1. The Hall–Kier alpha value is -3.33. The van der Waals surface area contributed by atoms with Gasteiger partial charge in [0.25, 0.3) is 11.8 Å². The van der Waals surface area contributed by atoms with E-state index >= 15 is 0 Å². The highest BCUT2D eigenvalue weighted by atomic mass is 19.3. The van der Waals surface area contributed by atoms with Crippen molar-refractivity contribution in [2.24, 2.45) is 11.8 Å². The minimum absolute atomic E-state index is 0.0811. The van der Waals surface area contributed by atoms with Crippen LogP contribution in [0.1, 0.15) is 69.2 Å². The Labute approximate surface area is 215 Å². The average Bonchev–Trinajstić information content (AvgIpc) is 3.54. The molecule has 0 bridgehead atoms. The molecule has 0 fully saturated rings. The number of carbonyl (C=O) groups is 1. The number of hydrogen-bond acceptors (Lipinski definition) is 1. The molecule has 2 atom stereocenters. The van der Waals surface area contributed by atoms with E-state index in [4.69, 9.17) is 0 Å². The quantitative estimate of drug-likeness (QED) is 0.259. The van der Waals surface area contributed by atoms with E-state index in [0.29, 0.717) is 11.1 Å². The first-order valence-corrected chi connectivity index (χ1v) is 12.5. The molecule has 0 saturated heterocycles. The first kappa shape index (κ1) is 26.7. The van der Waals surface area contributed by atoms with Crippen LogP contribution in [0.25, 0.3) is 0 Å². The first-order valence-electron chi connectivity index (χ1n) is 12.5. The summed E-state index contributed by atoms with van der Waals surface area (Å²) in [6, 6.07) is 11.8. The fraction of sp³-hybridized carbons (Fsp3) is 0.387. The zero-order chi connectivity index (χ0) is 27.0. The minimum Gasteiger partial charge on any atom is -0.342 e. The average molecular weight is 510 g/mol. The Kier molecular flexibility index (Phi) is 7.12. The second kappa shape index (κ2) is 9.85. The lowest BCUT2D eigenvalue weighted by Gasteiger charge is -2.37. The van der Waals surface area contributed by atoms with Gasteiger partial charge in [-0.15, -0.1) is 0 Å². The molecular formula is C31H31F4NO. The van der Waals surface area contributed by atoms with Crippen LogP contribution in [-0.2, 0) is 22.2 Å². The van der Waals surface area contributed by atoms with Crippen LogP contribution >= 0.6 is 0 Å². The molecule has 2 aliphatic rings. The third-order valence-corrected chi connectivity index (χ3v) is 7.28. The summed E-state index contributed by atoms with van der Waals surface area (Å²) in [5, 5.41) is 3.13. The first-order chi connectivity index (χ1) is 17.3. The molecule has 6 heteroatoms. The molecule has 2 unspecified atom stereocenters. The third kappa shape index (κ3) is 5.66. The van der Waals surface area contributed by atoms with Crippen LogP contribution in [0.5, 0.6) is 0 Å². The van der Waals surface area contributed by atoms with Gasteiger partial charge in [0.2, 0.25) is 5.91 Å². The summed E-state index contributed by atoms with van der Waals surface area (Å²) >= 11 is 0. The van der Waals surface area contributed by atoms with Crippen LogP contribution in [0.2, 0.25) is 0 Å². The number of amides is 1. The fourth-order valence-electron chi connectivity index (χ4n) is 4.83. The van der Waals surface area contributed by atoms with Gasteiger partial charge < -0.3 is 5.32 Å². The molecule has 2 nitrogen and oxygen atoms in total. The monoisotopic (exact) mass is 509 g/mol. The zero-order valence-corrected chi connectivity index (χ0v) is 21.5. The standard InChI is InChI=1S/C31H31F4NO/c1-5-20(2)16-28(37)36-31(19-27-25-14-6-7-15-26(25)27,23-12-8-10-21(17-23)29(3,32)33)24-13-9-11-22(18-24)30(4,34)35/h6,8-14,17-18,20,26H,5,16,19H2,1-4H3,(H,36,37). The summed E-state index contributed by atoms with van der Waals surface area (Å²) in [6.45, 7) is 5.57. The lowest BCUT2D eigenvalue weighted by Crippen LogP contribution is -2.47. The molecule has 1 amide bonds. The van der Waals surface area contributed by atoms with Gasteiger partial charge in [-0.1, -0.05) is 68.5 Å². The van der Waals surface area contributed by atoms with E-state index in [9.17, 15) is 22.4 Å². The SMILES string of the molecule is CCC(C)CC(=O)NC(CC1=C2C=CC#CC21)(c1cccc(C(C)(F)F)c1)c1cccc(C(C)(F)F)c1. The highest BCUT2D eigenvalue weighted by Crippen LogP contribution is 2.50. The fourth-order valence-corrected chi connectivity index (χ4v) is 4.83. The van der Waals surface area contributed by atoms with Gasteiger partial charge in [-0.3, -0.25) is 4.79 Å². The topological polar surface area (TPSA) is 29.1 Å². The van der Waals surface area contributed by atoms with Gasteiger partial charge in [-0.05, 0) is 52.5 Å². The van der Waals surface area contributed by atoms with Gasteiger partial charge in [-0.25, -0.2) is 17.6 Å². The van der Waals surface area contributed by atoms with Crippen LogP contribution in [0, 0.1) is 23.7 Å². The van der Waals surface area contributed by atoms with Crippen molar-refractivity contribution in [2.75, 3.05) is 0 Å². The smallest absolute Gasteiger partial charge is 0.270 e. The Morgan fingerprint density at radius 2 is 1.51 bits per heavy atom. The number of alkyl halides is 4. The van der Waals surface area contributed by atoms with Gasteiger partial charge in [-0.2, -0.15) is 0 Å². The molecular weight excluding hydrogens is 478 g/mol. The third-order valence-electron chi connectivity index (χ3n) is 7.28. The molecule has 0 radical (unpaired) electrons. The van der Waals surface area contributed by atoms with Crippen molar-refractivity contribution in [3.63, 3.8) is 0 Å². The second-order valence-electron chi connectivity index (χ2n) is 10.3. The van der Waals surface area contributed by atoms with E-state index in [-0.39, 0.29) is 41.7 Å². The van der Waals surface area contributed by atoms with E-state index in [0.717, 1.165) is 31.4 Å². The van der Waals surface area contributed by atoms with Crippen LogP contribution in [0.3, 0.4) is 0 Å². The van der Waals surface area contributed by atoms with Gasteiger partial charge in [0.1, 0.15) is 0 Å². The highest BCUT2D eigenvalue weighted by Gasteiger charge is 2.45. The van der Waals surface area contributed by atoms with E-state index in [2.05, 4.69) is 17.2 Å². The summed E-state index contributed by atoms with van der Waals surface area (Å²) < 4.78 is 57.7. The van der Waals surface area contributed by atoms with Gasteiger partial charge >= 0.3 is 0 Å². The molecule has 37 heavy (non-hydrogen) atoms. The number of benzene rings is 2. The van der Waals surface area contributed by atoms with Crippen molar-refractivity contribution < 1.29 is 22.4 Å². The molecule has 0 saturated carbocycles. The Morgan fingerprint density at radius 3 is 1.97 bits per heavy atom. The number of halogens is 4. The minimum atomic E-state index is -3.12. The molecule has 4 rings (SSSR count). The number of allylic oxidation sites excluding steroid dienone is 3. The summed E-state index contributed by atoms with van der Waals surface area (Å²) in [5.74, 6) is -0.421. The lowest BCUT2D eigenvalue weighted by molar-refractivity contribution is -0.123. The normalized spacial score (nSPS) is 17.6.